The smallest absolute Gasteiger partial charge is 0.395 e. The van der Waals surface area contributed by atoms with Crippen LogP contribution < -0.4 is 10.6 Å². The summed E-state index contributed by atoms with van der Waals surface area (Å²) in [6.07, 6.45) is -2.78. The van der Waals surface area contributed by atoms with Crippen molar-refractivity contribution < 1.29 is 18.3 Å². The third kappa shape index (κ3) is 4.00. The summed E-state index contributed by atoms with van der Waals surface area (Å²) in [7, 11) is 0. The first-order chi connectivity index (χ1) is 14.0. The molecule has 0 aliphatic carbocycles. The molecule has 150 valence electrons. The molecule has 3 N–H and O–H groups in total. The summed E-state index contributed by atoms with van der Waals surface area (Å²) in [4.78, 5) is 13.2. The van der Waals surface area contributed by atoms with Crippen molar-refractivity contribution in [3.63, 3.8) is 0 Å². The number of aliphatic hydroxyl groups is 1. The molecule has 0 spiro atoms. The Morgan fingerprint density at radius 2 is 1.90 bits per heavy atom. The molecule has 0 saturated carbocycles. The van der Waals surface area contributed by atoms with Crippen LogP contribution in [-0.2, 0) is 6.18 Å². The Labute approximate surface area is 166 Å². The van der Waals surface area contributed by atoms with Gasteiger partial charge in [0.05, 0.1) is 17.9 Å². The van der Waals surface area contributed by atoms with E-state index in [1.54, 1.807) is 10.9 Å². The van der Waals surface area contributed by atoms with Crippen molar-refractivity contribution >= 4 is 40.0 Å². The Morgan fingerprint density at radius 1 is 1.10 bits per heavy atom. The van der Waals surface area contributed by atoms with Gasteiger partial charge in [-0.3, -0.25) is 4.57 Å². The summed E-state index contributed by atoms with van der Waals surface area (Å²) < 4.78 is 40.0. The van der Waals surface area contributed by atoms with Gasteiger partial charge in [0.2, 0.25) is 5.95 Å². The van der Waals surface area contributed by atoms with Gasteiger partial charge in [-0.2, -0.15) is 34.5 Å². The average molecular weight is 420 g/mol. The molecule has 0 aliphatic heterocycles. The number of fused-ring (bicyclic) bond motifs is 1. The molecule has 4 aromatic rings. The first-order valence-electron chi connectivity index (χ1n) is 8.52. The lowest BCUT2D eigenvalue weighted by Crippen LogP contribution is -2.10. The summed E-state index contributed by atoms with van der Waals surface area (Å²) in [6.45, 7) is 0.162. The van der Waals surface area contributed by atoms with E-state index < -0.39 is 11.7 Å². The van der Waals surface area contributed by atoms with Crippen molar-refractivity contribution in [2.75, 3.05) is 23.8 Å². The summed E-state index contributed by atoms with van der Waals surface area (Å²) >= 11 is 1.53. The Hall–Kier alpha value is -3.18. The molecule has 1 aromatic carbocycles. The third-order valence-electron chi connectivity index (χ3n) is 4.05. The molecule has 29 heavy (non-hydrogen) atoms. The Balaban J connectivity index is 1.72. The average Bonchev–Trinajstić information content (AvgIpc) is 3.35. The number of benzene rings is 1. The number of aliphatic hydroxyl groups excluding tert-OH is 1. The van der Waals surface area contributed by atoms with Crippen LogP contribution in [0.4, 0.5) is 30.6 Å². The molecule has 4 rings (SSSR count). The van der Waals surface area contributed by atoms with Crippen molar-refractivity contribution in [2.24, 2.45) is 0 Å². The number of thiophene rings is 1. The van der Waals surface area contributed by atoms with Crippen molar-refractivity contribution in [3.8, 4) is 5.69 Å². The van der Waals surface area contributed by atoms with Gasteiger partial charge in [-0.1, -0.05) is 0 Å². The van der Waals surface area contributed by atoms with E-state index in [0.29, 0.717) is 22.7 Å². The van der Waals surface area contributed by atoms with Gasteiger partial charge in [-0.25, -0.2) is 4.98 Å². The van der Waals surface area contributed by atoms with E-state index in [1.807, 2.05) is 16.8 Å². The second kappa shape index (κ2) is 7.68. The van der Waals surface area contributed by atoms with E-state index in [-0.39, 0.29) is 19.1 Å². The minimum Gasteiger partial charge on any atom is -0.395 e. The van der Waals surface area contributed by atoms with Crippen molar-refractivity contribution in [3.05, 3.63) is 53.0 Å². The van der Waals surface area contributed by atoms with Crippen LogP contribution in [0.1, 0.15) is 5.56 Å². The first kappa shape index (κ1) is 19.2. The van der Waals surface area contributed by atoms with Crippen molar-refractivity contribution in [2.45, 2.75) is 6.18 Å². The number of hydrogen-bond donors (Lipinski definition) is 3. The highest BCUT2D eigenvalue weighted by molar-refractivity contribution is 7.08. The predicted molar refractivity (Wildman–Crippen MR) is 105 cm³/mol. The lowest BCUT2D eigenvalue weighted by molar-refractivity contribution is -0.137. The molecule has 3 aromatic heterocycles. The fourth-order valence-corrected chi connectivity index (χ4v) is 3.34. The lowest BCUT2D eigenvalue weighted by Gasteiger charge is -2.11. The van der Waals surface area contributed by atoms with E-state index in [0.717, 1.165) is 17.8 Å². The monoisotopic (exact) mass is 420 g/mol. The minimum atomic E-state index is -4.40. The molecule has 3 heterocycles. The first-order valence-corrected chi connectivity index (χ1v) is 9.46. The number of imidazole rings is 1. The SMILES string of the molecule is OCCNc1nc(Nc2ccc(C(F)(F)F)cc2)nc2c1ncn2-c1ccsc1. The fourth-order valence-electron chi connectivity index (χ4n) is 2.71. The van der Waals surface area contributed by atoms with Crippen LogP contribution in [0.3, 0.4) is 0 Å². The van der Waals surface area contributed by atoms with Gasteiger partial charge in [0, 0.05) is 17.6 Å². The highest BCUT2D eigenvalue weighted by atomic mass is 32.1. The summed E-state index contributed by atoms with van der Waals surface area (Å²) in [5.41, 5.74) is 1.59. The maximum atomic E-state index is 12.8. The number of rotatable bonds is 6. The van der Waals surface area contributed by atoms with Crippen molar-refractivity contribution in [1.29, 1.82) is 0 Å². The quantitative estimate of drug-likeness (QED) is 0.436. The van der Waals surface area contributed by atoms with Crippen LogP contribution in [-0.4, -0.2) is 37.8 Å². The van der Waals surface area contributed by atoms with Crippen LogP contribution in [0.25, 0.3) is 16.9 Å². The molecule has 0 bridgehead atoms. The van der Waals surface area contributed by atoms with E-state index in [1.165, 1.54) is 23.5 Å². The second-order valence-electron chi connectivity index (χ2n) is 6.01. The number of aromatic nitrogens is 4. The van der Waals surface area contributed by atoms with E-state index in [9.17, 15) is 13.2 Å². The number of nitrogens with zero attached hydrogens (tertiary/aromatic N) is 4. The van der Waals surface area contributed by atoms with E-state index in [2.05, 4.69) is 25.6 Å². The molecule has 0 saturated heterocycles. The van der Waals surface area contributed by atoms with Gasteiger partial charge < -0.3 is 15.7 Å². The van der Waals surface area contributed by atoms with Crippen LogP contribution in [0.2, 0.25) is 0 Å². The van der Waals surface area contributed by atoms with Crippen LogP contribution in [0, 0.1) is 0 Å². The number of halogens is 3. The van der Waals surface area contributed by atoms with Gasteiger partial charge in [0.25, 0.3) is 0 Å². The zero-order valence-electron chi connectivity index (χ0n) is 14.8. The molecule has 0 aliphatic rings. The van der Waals surface area contributed by atoms with E-state index >= 15 is 0 Å². The Bertz CT molecular complexity index is 1110. The summed E-state index contributed by atoms with van der Waals surface area (Å²) in [5.74, 6) is 0.599. The van der Waals surface area contributed by atoms with Gasteiger partial charge in [0.1, 0.15) is 6.33 Å². The standard InChI is InChI=1S/C18H15F3N6OS/c19-18(20,21)11-1-3-12(4-2-11)24-17-25-15(22-6-7-28)14-16(26-17)27(10-23-14)13-5-8-29-9-13/h1-5,8-10,28H,6-7H2,(H2,22,24,25,26). The molecule has 11 heteroatoms. The van der Waals surface area contributed by atoms with Crippen LogP contribution in [0.15, 0.2) is 47.4 Å². The minimum absolute atomic E-state index is 0.0988. The third-order valence-corrected chi connectivity index (χ3v) is 4.72. The van der Waals surface area contributed by atoms with Crippen LogP contribution in [0.5, 0.6) is 0 Å². The zero-order valence-corrected chi connectivity index (χ0v) is 15.6. The maximum Gasteiger partial charge on any atom is 0.416 e. The lowest BCUT2D eigenvalue weighted by atomic mass is 10.2. The van der Waals surface area contributed by atoms with Gasteiger partial charge in [0.15, 0.2) is 17.0 Å². The van der Waals surface area contributed by atoms with Gasteiger partial charge in [-0.05, 0) is 35.7 Å². The highest BCUT2D eigenvalue weighted by Gasteiger charge is 2.30. The topological polar surface area (TPSA) is 87.9 Å². The molecule has 0 unspecified atom stereocenters. The zero-order chi connectivity index (χ0) is 20.4. The molecular weight excluding hydrogens is 405 g/mol. The predicted octanol–water partition coefficient (Wildman–Crippen LogP) is 4.04. The molecular formula is C18H15F3N6OS. The Kier molecular flexibility index (Phi) is 5.07. The number of anilines is 3. The molecule has 7 nitrogen and oxygen atoms in total. The highest BCUT2D eigenvalue weighted by Crippen LogP contribution is 2.31. The Morgan fingerprint density at radius 3 is 2.55 bits per heavy atom. The largest absolute Gasteiger partial charge is 0.416 e. The normalized spacial score (nSPS) is 11.7. The van der Waals surface area contributed by atoms with Gasteiger partial charge in [-0.15, -0.1) is 0 Å². The molecule has 0 amide bonds. The number of alkyl halides is 3. The number of nitrogens with one attached hydrogen (secondary N) is 2. The molecule has 0 atom stereocenters. The van der Waals surface area contributed by atoms with Gasteiger partial charge >= 0.3 is 6.18 Å². The maximum absolute atomic E-state index is 12.8. The molecule has 0 fully saturated rings. The van der Waals surface area contributed by atoms with E-state index in [4.69, 9.17) is 5.11 Å². The second-order valence-corrected chi connectivity index (χ2v) is 6.79. The van der Waals surface area contributed by atoms with Crippen LogP contribution >= 0.6 is 11.3 Å². The summed E-state index contributed by atoms with van der Waals surface area (Å²) in [5, 5.41) is 18.9. The van der Waals surface area contributed by atoms with Crippen molar-refractivity contribution in [1.82, 2.24) is 19.5 Å². The summed E-state index contributed by atoms with van der Waals surface area (Å²) in [6, 6.07) is 6.52. The number of hydrogen-bond acceptors (Lipinski definition) is 7. The molecule has 0 radical (unpaired) electrons. The fraction of sp³-hybridized carbons (Fsp3) is 0.167.